The van der Waals surface area contributed by atoms with E-state index in [-0.39, 0.29) is 0 Å². The quantitative estimate of drug-likeness (QED) is 0.858. The summed E-state index contributed by atoms with van der Waals surface area (Å²) >= 11 is 3.45. The Balaban J connectivity index is 1.99. The molecule has 0 aliphatic heterocycles. The highest BCUT2D eigenvalue weighted by Crippen LogP contribution is 2.24. The molecule has 2 N–H and O–H groups in total. The summed E-state index contributed by atoms with van der Waals surface area (Å²) in [5.41, 5.74) is 0. The van der Waals surface area contributed by atoms with Crippen LogP contribution in [0.4, 0.5) is 0 Å². The summed E-state index contributed by atoms with van der Waals surface area (Å²) in [4.78, 5) is 0. The zero-order valence-corrected chi connectivity index (χ0v) is 12.5. The molecule has 0 fully saturated rings. The average molecular weight is 324 g/mol. The lowest BCUT2D eigenvalue weighted by Crippen LogP contribution is -2.31. The predicted molar refractivity (Wildman–Crippen MR) is 81.7 cm³/mol. The zero-order valence-electron chi connectivity index (χ0n) is 10.9. The molecular formula is C15H18BrNO2. The minimum Gasteiger partial charge on any atom is -0.491 e. The normalized spacial score (nSPS) is 12.6. The van der Waals surface area contributed by atoms with Gasteiger partial charge in [-0.1, -0.05) is 35.0 Å². The number of fused-ring (bicyclic) bond motifs is 1. The number of benzene rings is 2. The molecule has 0 heterocycles. The number of hydrogen-bond acceptors (Lipinski definition) is 3. The number of aliphatic hydroxyl groups excluding tert-OH is 1. The van der Waals surface area contributed by atoms with Crippen LogP contribution in [0.1, 0.15) is 6.92 Å². The monoisotopic (exact) mass is 323 g/mol. The van der Waals surface area contributed by atoms with Crippen LogP contribution in [-0.2, 0) is 0 Å². The molecule has 1 unspecified atom stereocenters. The van der Waals surface area contributed by atoms with Crippen LogP contribution in [0.15, 0.2) is 40.9 Å². The van der Waals surface area contributed by atoms with Crippen molar-refractivity contribution in [3.8, 4) is 5.75 Å². The molecule has 4 heteroatoms. The zero-order chi connectivity index (χ0) is 13.7. The minimum absolute atomic E-state index is 0.301. The molecule has 0 spiro atoms. The maximum atomic E-state index is 9.70. The van der Waals surface area contributed by atoms with E-state index >= 15 is 0 Å². The number of hydrogen-bond donors (Lipinski definition) is 2. The molecule has 2 rings (SSSR count). The first kappa shape index (κ1) is 14.3. The number of aliphatic hydroxyl groups is 1. The Morgan fingerprint density at radius 2 is 1.95 bits per heavy atom. The Bertz CT molecular complexity index is 545. The van der Waals surface area contributed by atoms with E-state index in [0.717, 1.165) is 27.5 Å². The van der Waals surface area contributed by atoms with E-state index in [1.165, 1.54) is 0 Å². The second kappa shape index (κ2) is 6.89. The van der Waals surface area contributed by atoms with Crippen molar-refractivity contribution in [1.82, 2.24) is 5.32 Å². The van der Waals surface area contributed by atoms with E-state index in [1.807, 2.05) is 37.3 Å². The first-order chi connectivity index (χ1) is 9.19. The maximum Gasteiger partial charge on any atom is 0.120 e. The molecule has 0 aliphatic rings. The van der Waals surface area contributed by atoms with E-state index in [4.69, 9.17) is 4.74 Å². The van der Waals surface area contributed by atoms with E-state index in [0.29, 0.717) is 13.2 Å². The van der Waals surface area contributed by atoms with Gasteiger partial charge in [-0.3, -0.25) is 0 Å². The van der Waals surface area contributed by atoms with Crippen LogP contribution in [0.25, 0.3) is 10.8 Å². The van der Waals surface area contributed by atoms with Gasteiger partial charge in [0.2, 0.25) is 0 Å². The van der Waals surface area contributed by atoms with Gasteiger partial charge >= 0.3 is 0 Å². The van der Waals surface area contributed by atoms with Gasteiger partial charge in [-0.05, 0) is 41.6 Å². The largest absolute Gasteiger partial charge is 0.491 e. The van der Waals surface area contributed by atoms with Crippen LogP contribution in [0, 0.1) is 0 Å². The third kappa shape index (κ3) is 4.20. The number of likely N-dealkylation sites (N-methyl/N-ethyl adjacent to an activating group) is 1. The SMILES string of the molecule is CCNCC(O)COc1ccc2cc(Br)ccc2c1. The third-order valence-electron chi connectivity index (χ3n) is 2.85. The van der Waals surface area contributed by atoms with E-state index in [1.54, 1.807) is 0 Å². The van der Waals surface area contributed by atoms with Crippen LogP contribution in [0.5, 0.6) is 5.75 Å². The summed E-state index contributed by atoms with van der Waals surface area (Å²) in [7, 11) is 0. The van der Waals surface area contributed by atoms with Gasteiger partial charge in [-0.2, -0.15) is 0 Å². The molecule has 2 aromatic carbocycles. The molecule has 0 amide bonds. The van der Waals surface area contributed by atoms with Gasteiger partial charge in [0.15, 0.2) is 0 Å². The van der Waals surface area contributed by atoms with Crippen molar-refractivity contribution < 1.29 is 9.84 Å². The van der Waals surface area contributed by atoms with E-state index < -0.39 is 6.10 Å². The standard InChI is InChI=1S/C15H18BrNO2/c1-2-17-9-14(18)10-19-15-6-4-11-7-13(16)5-3-12(11)8-15/h3-8,14,17-18H,2,9-10H2,1H3. The molecule has 0 bridgehead atoms. The summed E-state index contributed by atoms with van der Waals surface area (Å²) < 4.78 is 6.67. The summed E-state index contributed by atoms with van der Waals surface area (Å²) in [5, 5.41) is 15.1. The molecule has 102 valence electrons. The number of halogens is 1. The van der Waals surface area contributed by atoms with Gasteiger partial charge in [0.05, 0.1) is 0 Å². The van der Waals surface area contributed by atoms with Crippen molar-refractivity contribution in [2.24, 2.45) is 0 Å². The third-order valence-corrected chi connectivity index (χ3v) is 3.34. The second-order valence-electron chi connectivity index (χ2n) is 4.43. The molecule has 2 aromatic rings. The number of rotatable bonds is 6. The Labute approximate surface area is 121 Å². The maximum absolute atomic E-state index is 9.70. The second-order valence-corrected chi connectivity index (χ2v) is 5.34. The van der Waals surface area contributed by atoms with Gasteiger partial charge in [0.1, 0.15) is 18.5 Å². The Morgan fingerprint density at radius 1 is 1.21 bits per heavy atom. The fourth-order valence-corrected chi connectivity index (χ4v) is 2.23. The van der Waals surface area contributed by atoms with Crippen LogP contribution < -0.4 is 10.1 Å². The van der Waals surface area contributed by atoms with Crippen molar-refractivity contribution in [3.63, 3.8) is 0 Å². The van der Waals surface area contributed by atoms with Crippen LogP contribution in [0.3, 0.4) is 0 Å². The summed E-state index contributed by atoms with van der Waals surface area (Å²) in [5.74, 6) is 0.783. The van der Waals surface area contributed by atoms with Crippen LogP contribution >= 0.6 is 15.9 Å². The fraction of sp³-hybridized carbons (Fsp3) is 0.333. The lowest BCUT2D eigenvalue weighted by molar-refractivity contribution is 0.107. The average Bonchev–Trinajstić information content (AvgIpc) is 2.42. The predicted octanol–water partition coefficient (Wildman–Crippen LogP) is 2.95. The first-order valence-corrected chi connectivity index (χ1v) is 7.19. The molecule has 0 saturated heterocycles. The molecule has 0 aliphatic carbocycles. The fourth-order valence-electron chi connectivity index (χ4n) is 1.85. The summed E-state index contributed by atoms with van der Waals surface area (Å²) in [6.45, 7) is 3.71. The summed E-state index contributed by atoms with van der Waals surface area (Å²) in [6.07, 6.45) is -0.486. The highest BCUT2D eigenvalue weighted by molar-refractivity contribution is 9.10. The highest BCUT2D eigenvalue weighted by atomic mass is 79.9. The Kier molecular flexibility index (Phi) is 5.19. The van der Waals surface area contributed by atoms with Gasteiger partial charge in [-0.25, -0.2) is 0 Å². The number of ether oxygens (including phenoxy) is 1. The first-order valence-electron chi connectivity index (χ1n) is 6.40. The lowest BCUT2D eigenvalue weighted by atomic mass is 10.1. The molecular weight excluding hydrogens is 306 g/mol. The Morgan fingerprint density at radius 3 is 2.74 bits per heavy atom. The van der Waals surface area contributed by atoms with E-state index in [9.17, 15) is 5.11 Å². The van der Waals surface area contributed by atoms with Gasteiger partial charge in [0, 0.05) is 11.0 Å². The molecule has 1 atom stereocenters. The van der Waals surface area contributed by atoms with E-state index in [2.05, 4.69) is 27.3 Å². The highest BCUT2D eigenvalue weighted by Gasteiger charge is 2.05. The minimum atomic E-state index is -0.486. The molecule has 0 saturated carbocycles. The molecule has 19 heavy (non-hydrogen) atoms. The van der Waals surface area contributed by atoms with Crippen molar-refractivity contribution in [2.75, 3.05) is 19.7 Å². The topological polar surface area (TPSA) is 41.5 Å². The molecule has 0 aromatic heterocycles. The van der Waals surface area contributed by atoms with Crippen LogP contribution in [0.2, 0.25) is 0 Å². The van der Waals surface area contributed by atoms with Crippen molar-refractivity contribution in [2.45, 2.75) is 13.0 Å². The van der Waals surface area contributed by atoms with Gasteiger partial charge in [-0.15, -0.1) is 0 Å². The number of nitrogens with one attached hydrogen (secondary N) is 1. The van der Waals surface area contributed by atoms with Gasteiger partial charge in [0.25, 0.3) is 0 Å². The Hall–Kier alpha value is -1.10. The van der Waals surface area contributed by atoms with Crippen molar-refractivity contribution in [1.29, 1.82) is 0 Å². The molecule has 3 nitrogen and oxygen atoms in total. The molecule has 0 radical (unpaired) electrons. The van der Waals surface area contributed by atoms with Crippen molar-refractivity contribution >= 4 is 26.7 Å². The smallest absolute Gasteiger partial charge is 0.120 e. The van der Waals surface area contributed by atoms with Gasteiger partial charge < -0.3 is 15.2 Å². The van der Waals surface area contributed by atoms with Crippen molar-refractivity contribution in [3.05, 3.63) is 40.9 Å². The lowest BCUT2D eigenvalue weighted by Gasteiger charge is -2.13. The summed E-state index contributed by atoms with van der Waals surface area (Å²) in [6, 6.07) is 12.1. The van der Waals surface area contributed by atoms with Crippen LogP contribution in [-0.4, -0.2) is 30.9 Å².